The molecule has 19 heavy (non-hydrogen) atoms. The molecule has 3 heteroatoms. The van der Waals surface area contributed by atoms with Crippen molar-refractivity contribution in [1.82, 2.24) is 4.67 Å². The molecule has 2 nitrogen and oxygen atoms in total. The summed E-state index contributed by atoms with van der Waals surface area (Å²) in [5.74, 6) is 1.75. The summed E-state index contributed by atoms with van der Waals surface area (Å²) in [6.07, 6.45) is 8.32. The van der Waals surface area contributed by atoms with Crippen molar-refractivity contribution in [2.24, 2.45) is 5.92 Å². The second kappa shape index (κ2) is 4.61. The number of hydrogen-bond acceptors (Lipinski definition) is 2. The first-order chi connectivity index (χ1) is 9.36. The fraction of sp³-hybridized carbons (Fsp3) is 0.562. The van der Waals surface area contributed by atoms with E-state index in [1.54, 1.807) is 11.3 Å². The first kappa shape index (κ1) is 11.9. The molecule has 3 aliphatic rings. The molecule has 2 atom stereocenters. The van der Waals surface area contributed by atoms with Crippen molar-refractivity contribution < 1.29 is 0 Å². The van der Waals surface area contributed by atoms with Gasteiger partial charge >= 0.3 is 0 Å². The summed E-state index contributed by atoms with van der Waals surface area (Å²) in [7, 11) is 1.16. The molecule has 1 fully saturated rings. The minimum atomic E-state index is 0.843. The van der Waals surface area contributed by atoms with E-state index in [0.717, 1.165) is 33.3 Å². The zero-order chi connectivity index (χ0) is 12.8. The van der Waals surface area contributed by atoms with E-state index in [9.17, 15) is 0 Å². The third-order valence-corrected chi connectivity index (χ3v) is 5.90. The molecule has 0 spiro atoms. The second-order valence-electron chi connectivity index (χ2n) is 6.13. The van der Waals surface area contributed by atoms with Gasteiger partial charge in [0.2, 0.25) is 0 Å². The molecule has 1 aliphatic carbocycles. The number of fused-ring (bicyclic) bond motifs is 2. The van der Waals surface area contributed by atoms with Crippen LogP contribution in [0.25, 0.3) is 0 Å². The van der Waals surface area contributed by atoms with Crippen molar-refractivity contribution >= 4 is 20.3 Å². The highest BCUT2D eigenvalue weighted by Gasteiger charge is 2.38. The molecule has 1 aromatic rings. The maximum Gasteiger partial charge on any atom is 0.0448 e. The fourth-order valence-electron chi connectivity index (χ4n) is 4.30. The lowest BCUT2D eigenvalue weighted by Crippen LogP contribution is -2.38. The normalized spacial score (nSPS) is 30.0. The van der Waals surface area contributed by atoms with Gasteiger partial charge in [0.15, 0.2) is 0 Å². The number of para-hydroxylation sites is 1. The van der Waals surface area contributed by atoms with Crippen molar-refractivity contribution in [2.75, 3.05) is 24.5 Å². The van der Waals surface area contributed by atoms with Gasteiger partial charge in [0, 0.05) is 31.9 Å². The molecule has 2 heterocycles. The van der Waals surface area contributed by atoms with Gasteiger partial charge in [-0.25, -0.2) is 0 Å². The summed E-state index contributed by atoms with van der Waals surface area (Å²) in [5.41, 5.74) is 4.75. The van der Waals surface area contributed by atoms with Crippen LogP contribution in [-0.4, -0.2) is 30.6 Å². The molecule has 0 amide bonds. The van der Waals surface area contributed by atoms with Crippen molar-refractivity contribution in [3.05, 3.63) is 29.3 Å². The van der Waals surface area contributed by atoms with Crippen molar-refractivity contribution in [2.45, 2.75) is 31.7 Å². The average Bonchev–Trinajstić information content (AvgIpc) is 2.83. The van der Waals surface area contributed by atoms with E-state index >= 15 is 0 Å². The van der Waals surface area contributed by atoms with Crippen molar-refractivity contribution in [3.63, 3.8) is 0 Å². The molecular weight excluding hydrogens is 251 g/mol. The summed E-state index contributed by atoms with van der Waals surface area (Å²) < 4.78 is 2.45. The Balaban J connectivity index is 1.83. The van der Waals surface area contributed by atoms with Gasteiger partial charge in [-0.05, 0) is 44.2 Å². The Morgan fingerprint density at radius 2 is 2.16 bits per heavy atom. The maximum absolute atomic E-state index is 4.05. The Labute approximate surface area is 117 Å². The molecule has 0 saturated heterocycles. The first-order valence-corrected chi connectivity index (χ1v) is 8.48. The number of anilines is 1. The standard InChI is InChI=1S/C16H21N2P/c1-19-18-9-8-17-10-12-4-2-6-14(12)15-7-3-5-13(11-18)16(15)17/h3,5,7,12,14H,1-2,4,6,8-11H2. The van der Waals surface area contributed by atoms with Crippen LogP contribution in [0.5, 0.6) is 0 Å². The van der Waals surface area contributed by atoms with E-state index in [2.05, 4.69) is 34.1 Å². The number of benzene rings is 1. The fourth-order valence-corrected chi connectivity index (χ4v) is 4.78. The molecule has 100 valence electrons. The predicted octanol–water partition coefficient (Wildman–Crippen LogP) is 3.50. The lowest BCUT2D eigenvalue weighted by molar-refractivity contribution is 0.439. The monoisotopic (exact) mass is 272 g/mol. The lowest BCUT2D eigenvalue weighted by Gasteiger charge is -2.38. The van der Waals surface area contributed by atoms with Crippen LogP contribution >= 0.6 is 8.35 Å². The van der Waals surface area contributed by atoms with E-state index < -0.39 is 0 Å². The van der Waals surface area contributed by atoms with Crippen molar-refractivity contribution in [3.8, 4) is 0 Å². The summed E-state index contributed by atoms with van der Waals surface area (Å²) in [5, 5.41) is 0. The highest BCUT2D eigenvalue weighted by molar-refractivity contribution is 7.33. The number of nitrogens with zero attached hydrogens (tertiary/aromatic N) is 2. The highest BCUT2D eigenvalue weighted by Crippen LogP contribution is 2.49. The van der Waals surface area contributed by atoms with Gasteiger partial charge in [0.05, 0.1) is 0 Å². The SMILES string of the molecule is C=PN1CCN2CC3CCCC3c3cccc(c32)C1. The molecule has 0 bridgehead atoms. The predicted molar refractivity (Wildman–Crippen MR) is 83.2 cm³/mol. The largest absolute Gasteiger partial charge is 0.369 e. The van der Waals surface area contributed by atoms with Crippen molar-refractivity contribution in [1.29, 1.82) is 0 Å². The highest BCUT2D eigenvalue weighted by atomic mass is 31.1. The topological polar surface area (TPSA) is 6.48 Å². The van der Waals surface area contributed by atoms with E-state index in [-0.39, 0.29) is 0 Å². The van der Waals surface area contributed by atoms with Crippen LogP contribution in [0.15, 0.2) is 18.2 Å². The molecule has 0 aromatic heterocycles. The lowest BCUT2D eigenvalue weighted by atomic mass is 9.82. The van der Waals surface area contributed by atoms with Gasteiger partial charge in [0.1, 0.15) is 0 Å². The van der Waals surface area contributed by atoms with Gasteiger partial charge in [-0.15, -0.1) is 0 Å². The van der Waals surface area contributed by atoms with Crippen LogP contribution in [0.1, 0.15) is 36.3 Å². The molecule has 4 rings (SSSR count). The van der Waals surface area contributed by atoms with E-state index in [1.165, 1.54) is 37.9 Å². The molecule has 2 aliphatic heterocycles. The van der Waals surface area contributed by atoms with Gasteiger partial charge in [0.25, 0.3) is 0 Å². The summed E-state index contributed by atoms with van der Waals surface area (Å²) in [6.45, 7) is 4.69. The summed E-state index contributed by atoms with van der Waals surface area (Å²) >= 11 is 0. The quantitative estimate of drug-likeness (QED) is 0.722. The molecule has 2 unspecified atom stereocenters. The third kappa shape index (κ3) is 1.85. The molecule has 0 radical (unpaired) electrons. The van der Waals surface area contributed by atoms with Crippen LogP contribution in [0, 0.1) is 5.92 Å². The first-order valence-electron chi connectivity index (χ1n) is 7.45. The Kier molecular flexibility index (Phi) is 2.90. The third-order valence-electron chi connectivity index (χ3n) is 5.16. The minimum absolute atomic E-state index is 0.843. The molecule has 0 N–H and O–H groups in total. The second-order valence-corrected chi connectivity index (χ2v) is 6.98. The van der Waals surface area contributed by atoms with Gasteiger partial charge in [-0.3, -0.25) is 4.67 Å². The zero-order valence-electron chi connectivity index (χ0n) is 11.4. The number of rotatable bonds is 1. The minimum Gasteiger partial charge on any atom is -0.369 e. The molecular formula is C16H21N2P. The number of hydrogen-bond donors (Lipinski definition) is 0. The van der Waals surface area contributed by atoms with Crippen LogP contribution in [0.3, 0.4) is 0 Å². The Morgan fingerprint density at radius 1 is 1.21 bits per heavy atom. The smallest absolute Gasteiger partial charge is 0.0448 e. The van der Waals surface area contributed by atoms with Crippen LogP contribution < -0.4 is 4.90 Å². The van der Waals surface area contributed by atoms with Crippen LogP contribution in [0.4, 0.5) is 5.69 Å². The average molecular weight is 272 g/mol. The summed E-state index contributed by atoms with van der Waals surface area (Å²) in [6, 6.07) is 6.99. The maximum atomic E-state index is 4.05. The van der Waals surface area contributed by atoms with E-state index in [1.807, 2.05) is 0 Å². The Hall–Kier alpha value is -0.850. The molecule has 1 saturated carbocycles. The van der Waals surface area contributed by atoms with Crippen LogP contribution in [-0.2, 0) is 6.54 Å². The Bertz CT molecular complexity index is 513. The van der Waals surface area contributed by atoms with Gasteiger partial charge < -0.3 is 4.90 Å². The van der Waals surface area contributed by atoms with E-state index in [0.29, 0.717) is 0 Å². The Morgan fingerprint density at radius 3 is 3.05 bits per heavy atom. The zero-order valence-corrected chi connectivity index (χ0v) is 12.3. The van der Waals surface area contributed by atoms with Gasteiger partial charge in [-0.2, -0.15) is 0 Å². The molecule has 1 aromatic carbocycles. The van der Waals surface area contributed by atoms with E-state index in [4.69, 9.17) is 0 Å². The summed E-state index contributed by atoms with van der Waals surface area (Å²) in [4.78, 5) is 2.67. The van der Waals surface area contributed by atoms with Crippen LogP contribution in [0.2, 0.25) is 0 Å². The van der Waals surface area contributed by atoms with Gasteiger partial charge in [-0.1, -0.05) is 30.9 Å².